The fourth-order valence-electron chi connectivity index (χ4n) is 2.99. The molecule has 0 saturated carbocycles. The van der Waals surface area contributed by atoms with Crippen LogP contribution in [0.5, 0.6) is 0 Å². The third-order valence-electron chi connectivity index (χ3n) is 4.61. The summed E-state index contributed by atoms with van der Waals surface area (Å²) in [5.74, 6) is 0.842. The summed E-state index contributed by atoms with van der Waals surface area (Å²) in [6, 6.07) is 9.99. The number of nitrogens with two attached hydrogens (primary N) is 1. The number of hydrogen-bond acceptors (Lipinski definition) is 3. The van der Waals surface area contributed by atoms with E-state index in [-0.39, 0.29) is 6.61 Å². The van der Waals surface area contributed by atoms with Gasteiger partial charge in [-0.25, -0.2) is 0 Å². The molecule has 3 nitrogen and oxygen atoms in total. The molecule has 3 heteroatoms. The third kappa shape index (κ3) is 4.05. The van der Waals surface area contributed by atoms with Gasteiger partial charge in [0.15, 0.2) is 0 Å². The van der Waals surface area contributed by atoms with Crippen molar-refractivity contribution in [3.8, 4) is 0 Å². The molecule has 20 heavy (non-hydrogen) atoms. The van der Waals surface area contributed by atoms with E-state index >= 15 is 0 Å². The summed E-state index contributed by atoms with van der Waals surface area (Å²) in [5.41, 5.74) is 6.85. The first kappa shape index (κ1) is 15.5. The summed E-state index contributed by atoms with van der Waals surface area (Å²) < 4.78 is 0. The normalized spacial score (nSPS) is 24.1. The molecule has 1 saturated heterocycles. The van der Waals surface area contributed by atoms with Crippen LogP contribution in [0.15, 0.2) is 30.3 Å². The molecule has 2 unspecified atom stereocenters. The van der Waals surface area contributed by atoms with Crippen molar-refractivity contribution in [2.75, 3.05) is 26.2 Å². The van der Waals surface area contributed by atoms with E-state index in [4.69, 9.17) is 5.73 Å². The summed E-state index contributed by atoms with van der Waals surface area (Å²) in [7, 11) is 0. The first-order valence-corrected chi connectivity index (χ1v) is 7.82. The molecular weight excluding hydrogens is 248 g/mol. The predicted molar refractivity (Wildman–Crippen MR) is 83.5 cm³/mol. The Labute approximate surface area is 122 Å². The molecular formula is C17H28N2O. The van der Waals surface area contributed by atoms with Crippen LogP contribution in [-0.4, -0.2) is 36.2 Å². The van der Waals surface area contributed by atoms with Gasteiger partial charge in [-0.15, -0.1) is 0 Å². The highest BCUT2D eigenvalue weighted by atomic mass is 16.3. The van der Waals surface area contributed by atoms with Crippen molar-refractivity contribution in [2.24, 2.45) is 11.7 Å². The SMILES string of the molecule is CC1CCCN(CCC(N)(CO)c2ccccc2)CC1. The first-order chi connectivity index (χ1) is 9.64. The Morgan fingerprint density at radius 2 is 2.00 bits per heavy atom. The molecule has 2 rings (SSSR count). The van der Waals surface area contributed by atoms with Crippen molar-refractivity contribution in [2.45, 2.75) is 38.1 Å². The number of aliphatic hydroxyl groups excluding tert-OH is 1. The largest absolute Gasteiger partial charge is 0.394 e. The standard InChI is InChI=1S/C17H28N2O/c1-15-6-5-11-19(12-9-15)13-10-17(18,14-20)16-7-3-2-4-8-16/h2-4,7-8,15,20H,5-6,9-14,18H2,1H3. The Kier molecular flexibility index (Phi) is 5.58. The number of rotatable bonds is 5. The summed E-state index contributed by atoms with van der Waals surface area (Å²) >= 11 is 0. The number of likely N-dealkylation sites (tertiary alicyclic amines) is 1. The Morgan fingerprint density at radius 3 is 2.70 bits per heavy atom. The minimum absolute atomic E-state index is 0.00125. The van der Waals surface area contributed by atoms with Crippen molar-refractivity contribution in [3.63, 3.8) is 0 Å². The molecule has 1 aliphatic rings. The highest BCUT2D eigenvalue weighted by Crippen LogP contribution is 2.23. The van der Waals surface area contributed by atoms with Crippen LogP contribution in [0.4, 0.5) is 0 Å². The zero-order chi connectivity index (χ0) is 14.4. The van der Waals surface area contributed by atoms with Gasteiger partial charge in [0.05, 0.1) is 12.1 Å². The monoisotopic (exact) mass is 276 g/mol. The second kappa shape index (κ2) is 7.21. The van der Waals surface area contributed by atoms with Crippen molar-refractivity contribution in [3.05, 3.63) is 35.9 Å². The smallest absolute Gasteiger partial charge is 0.0656 e. The van der Waals surface area contributed by atoms with Gasteiger partial charge < -0.3 is 15.7 Å². The lowest BCUT2D eigenvalue weighted by molar-refractivity contribution is 0.164. The molecule has 1 aromatic rings. The van der Waals surface area contributed by atoms with Gasteiger partial charge in [0.25, 0.3) is 0 Å². The van der Waals surface area contributed by atoms with Crippen LogP contribution < -0.4 is 5.73 Å². The van der Waals surface area contributed by atoms with Crippen molar-refractivity contribution < 1.29 is 5.11 Å². The zero-order valence-electron chi connectivity index (χ0n) is 12.6. The molecule has 3 N–H and O–H groups in total. The molecule has 0 aromatic heterocycles. The van der Waals surface area contributed by atoms with Crippen LogP contribution in [0, 0.1) is 5.92 Å². The van der Waals surface area contributed by atoms with Gasteiger partial charge in [0.2, 0.25) is 0 Å². The highest BCUT2D eigenvalue weighted by molar-refractivity contribution is 5.24. The van der Waals surface area contributed by atoms with Gasteiger partial charge in [-0.05, 0) is 50.3 Å². The van der Waals surface area contributed by atoms with Crippen LogP contribution in [0.1, 0.15) is 38.2 Å². The molecule has 0 amide bonds. The van der Waals surface area contributed by atoms with Gasteiger partial charge in [-0.2, -0.15) is 0 Å². The zero-order valence-corrected chi connectivity index (χ0v) is 12.6. The van der Waals surface area contributed by atoms with E-state index in [2.05, 4.69) is 11.8 Å². The quantitative estimate of drug-likeness (QED) is 0.868. The van der Waals surface area contributed by atoms with Crippen LogP contribution >= 0.6 is 0 Å². The van der Waals surface area contributed by atoms with Gasteiger partial charge in [0, 0.05) is 6.54 Å². The second-order valence-corrected chi connectivity index (χ2v) is 6.31. The van der Waals surface area contributed by atoms with Crippen molar-refractivity contribution >= 4 is 0 Å². The average molecular weight is 276 g/mol. The third-order valence-corrected chi connectivity index (χ3v) is 4.61. The van der Waals surface area contributed by atoms with Crippen LogP contribution in [0.2, 0.25) is 0 Å². The summed E-state index contributed by atoms with van der Waals surface area (Å²) in [6.07, 6.45) is 4.70. The fourth-order valence-corrected chi connectivity index (χ4v) is 2.99. The van der Waals surface area contributed by atoms with E-state index in [0.717, 1.165) is 31.0 Å². The van der Waals surface area contributed by atoms with Gasteiger partial charge in [0.1, 0.15) is 0 Å². The Balaban J connectivity index is 1.93. The molecule has 0 radical (unpaired) electrons. The molecule has 1 aromatic carbocycles. The summed E-state index contributed by atoms with van der Waals surface area (Å²) in [4.78, 5) is 2.50. The Morgan fingerprint density at radius 1 is 1.25 bits per heavy atom. The maximum absolute atomic E-state index is 9.72. The van der Waals surface area contributed by atoms with E-state index in [9.17, 15) is 5.11 Å². The van der Waals surface area contributed by atoms with Crippen molar-refractivity contribution in [1.29, 1.82) is 0 Å². The molecule has 1 aliphatic heterocycles. The summed E-state index contributed by atoms with van der Waals surface area (Å²) in [5, 5.41) is 9.72. The topological polar surface area (TPSA) is 49.5 Å². The highest BCUT2D eigenvalue weighted by Gasteiger charge is 2.27. The van der Waals surface area contributed by atoms with Gasteiger partial charge >= 0.3 is 0 Å². The fraction of sp³-hybridized carbons (Fsp3) is 0.647. The maximum Gasteiger partial charge on any atom is 0.0656 e. The van der Waals surface area contributed by atoms with E-state index < -0.39 is 5.54 Å². The average Bonchev–Trinajstić information content (AvgIpc) is 2.70. The molecule has 1 heterocycles. The van der Waals surface area contributed by atoms with Gasteiger partial charge in [-0.1, -0.05) is 37.3 Å². The number of hydrogen-bond donors (Lipinski definition) is 2. The van der Waals surface area contributed by atoms with Crippen LogP contribution in [-0.2, 0) is 5.54 Å². The first-order valence-electron chi connectivity index (χ1n) is 7.82. The molecule has 1 fully saturated rings. The Hall–Kier alpha value is -0.900. The maximum atomic E-state index is 9.72. The van der Waals surface area contributed by atoms with Crippen LogP contribution in [0.25, 0.3) is 0 Å². The van der Waals surface area contributed by atoms with Gasteiger partial charge in [-0.3, -0.25) is 0 Å². The number of nitrogens with zero attached hydrogens (tertiary/aromatic N) is 1. The minimum atomic E-state index is -0.612. The Bertz CT molecular complexity index is 395. The number of aliphatic hydroxyl groups is 1. The molecule has 0 aliphatic carbocycles. The van der Waals surface area contributed by atoms with E-state index in [0.29, 0.717) is 0 Å². The van der Waals surface area contributed by atoms with E-state index in [1.807, 2.05) is 30.3 Å². The van der Waals surface area contributed by atoms with Crippen molar-refractivity contribution in [1.82, 2.24) is 4.90 Å². The summed E-state index contributed by atoms with van der Waals surface area (Å²) in [6.45, 7) is 5.65. The molecule has 0 bridgehead atoms. The van der Waals surface area contributed by atoms with E-state index in [1.165, 1.54) is 25.8 Å². The molecule has 0 spiro atoms. The lowest BCUT2D eigenvalue weighted by atomic mass is 9.88. The molecule has 112 valence electrons. The number of benzene rings is 1. The lowest BCUT2D eigenvalue weighted by Crippen LogP contribution is -2.44. The lowest BCUT2D eigenvalue weighted by Gasteiger charge is -2.31. The minimum Gasteiger partial charge on any atom is -0.394 e. The molecule has 2 atom stereocenters. The van der Waals surface area contributed by atoms with E-state index in [1.54, 1.807) is 0 Å². The predicted octanol–water partition coefficient (Wildman–Crippen LogP) is 2.34. The second-order valence-electron chi connectivity index (χ2n) is 6.31. The van der Waals surface area contributed by atoms with Crippen LogP contribution in [0.3, 0.4) is 0 Å².